The highest BCUT2D eigenvalue weighted by Crippen LogP contribution is 2.25. The number of hydrogen-bond donors (Lipinski definition) is 1. The highest BCUT2D eigenvalue weighted by atomic mass is 35.5. The summed E-state index contributed by atoms with van der Waals surface area (Å²) >= 11 is 6.12. The van der Waals surface area contributed by atoms with Gasteiger partial charge in [-0.15, -0.1) is 11.6 Å². The topological polar surface area (TPSA) is 34.2 Å². The second kappa shape index (κ2) is 6.62. The third-order valence-electron chi connectivity index (χ3n) is 3.17. The van der Waals surface area contributed by atoms with Crippen LogP contribution in [0.1, 0.15) is 19.8 Å². The fourth-order valence-corrected chi connectivity index (χ4v) is 2.08. The van der Waals surface area contributed by atoms with Crippen LogP contribution in [0.5, 0.6) is 5.75 Å². The van der Waals surface area contributed by atoms with Crippen molar-refractivity contribution in [2.24, 2.45) is 0 Å². The van der Waals surface area contributed by atoms with Gasteiger partial charge in [-0.2, -0.15) is 0 Å². The third kappa shape index (κ3) is 3.51. The fourth-order valence-electron chi connectivity index (χ4n) is 1.97. The predicted octanol–water partition coefficient (Wildman–Crippen LogP) is 4.06. The highest BCUT2D eigenvalue weighted by molar-refractivity contribution is 6.20. The molecule has 102 valence electrons. The van der Waals surface area contributed by atoms with Crippen LogP contribution in [0, 0.1) is 0 Å². The van der Waals surface area contributed by atoms with Crippen LogP contribution in [0.25, 0.3) is 10.8 Å². The number of alkyl halides is 1. The molecule has 19 heavy (non-hydrogen) atoms. The molecule has 3 nitrogen and oxygen atoms in total. The largest absolute Gasteiger partial charge is 0.497 e. The SMILES string of the molecule is CCC(Cl)CCNc1nccc2ccc(OC)cc12. The van der Waals surface area contributed by atoms with Crippen molar-refractivity contribution in [3.05, 3.63) is 30.5 Å². The van der Waals surface area contributed by atoms with E-state index in [1.54, 1.807) is 7.11 Å². The van der Waals surface area contributed by atoms with Crippen LogP contribution >= 0.6 is 11.6 Å². The van der Waals surface area contributed by atoms with Crippen molar-refractivity contribution < 1.29 is 4.74 Å². The Morgan fingerprint density at radius 2 is 2.21 bits per heavy atom. The van der Waals surface area contributed by atoms with Crippen molar-refractivity contribution in [2.75, 3.05) is 19.0 Å². The van der Waals surface area contributed by atoms with E-state index in [1.807, 2.05) is 30.5 Å². The molecule has 1 N–H and O–H groups in total. The summed E-state index contributed by atoms with van der Waals surface area (Å²) in [4.78, 5) is 4.40. The zero-order chi connectivity index (χ0) is 13.7. The van der Waals surface area contributed by atoms with Crippen LogP contribution in [0.4, 0.5) is 5.82 Å². The lowest BCUT2D eigenvalue weighted by Crippen LogP contribution is -2.09. The molecule has 1 aromatic carbocycles. The maximum Gasteiger partial charge on any atom is 0.133 e. The van der Waals surface area contributed by atoms with Crippen LogP contribution in [0.15, 0.2) is 30.5 Å². The smallest absolute Gasteiger partial charge is 0.133 e. The molecule has 0 aliphatic heterocycles. The first-order valence-electron chi connectivity index (χ1n) is 6.55. The summed E-state index contributed by atoms with van der Waals surface area (Å²) in [7, 11) is 1.67. The van der Waals surface area contributed by atoms with Gasteiger partial charge in [-0.05, 0) is 36.4 Å². The van der Waals surface area contributed by atoms with Crippen LogP contribution in [-0.4, -0.2) is 24.0 Å². The van der Waals surface area contributed by atoms with Gasteiger partial charge >= 0.3 is 0 Å². The molecule has 1 atom stereocenters. The van der Waals surface area contributed by atoms with E-state index in [9.17, 15) is 0 Å². The number of fused-ring (bicyclic) bond motifs is 1. The maximum absolute atomic E-state index is 6.12. The number of aromatic nitrogens is 1. The number of methoxy groups -OCH3 is 1. The highest BCUT2D eigenvalue weighted by Gasteiger charge is 2.05. The van der Waals surface area contributed by atoms with Crippen molar-refractivity contribution in [1.29, 1.82) is 0 Å². The molecule has 1 aromatic heterocycles. The van der Waals surface area contributed by atoms with E-state index in [4.69, 9.17) is 16.3 Å². The van der Waals surface area contributed by atoms with Gasteiger partial charge in [0.2, 0.25) is 0 Å². The van der Waals surface area contributed by atoms with Crippen molar-refractivity contribution >= 4 is 28.2 Å². The van der Waals surface area contributed by atoms with Gasteiger partial charge < -0.3 is 10.1 Å². The van der Waals surface area contributed by atoms with Crippen molar-refractivity contribution in [3.8, 4) is 5.75 Å². The van der Waals surface area contributed by atoms with Gasteiger partial charge in [-0.25, -0.2) is 4.98 Å². The lowest BCUT2D eigenvalue weighted by molar-refractivity contribution is 0.415. The van der Waals surface area contributed by atoms with Crippen molar-refractivity contribution in [2.45, 2.75) is 25.1 Å². The quantitative estimate of drug-likeness (QED) is 0.809. The van der Waals surface area contributed by atoms with Gasteiger partial charge in [-0.1, -0.05) is 13.0 Å². The fraction of sp³-hybridized carbons (Fsp3) is 0.400. The van der Waals surface area contributed by atoms with Crippen LogP contribution < -0.4 is 10.1 Å². The molecule has 0 radical (unpaired) electrons. The Balaban J connectivity index is 2.17. The summed E-state index contributed by atoms with van der Waals surface area (Å²) in [6, 6.07) is 7.99. The van der Waals surface area contributed by atoms with Crippen LogP contribution in [-0.2, 0) is 0 Å². The Kier molecular flexibility index (Phi) is 4.86. The number of nitrogens with zero attached hydrogens (tertiary/aromatic N) is 1. The first-order chi connectivity index (χ1) is 9.24. The number of hydrogen-bond acceptors (Lipinski definition) is 3. The minimum atomic E-state index is 0.219. The maximum atomic E-state index is 6.12. The molecule has 0 saturated heterocycles. The van der Waals surface area contributed by atoms with Crippen molar-refractivity contribution in [3.63, 3.8) is 0 Å². The Bertz CT molecular complexity index is 545. The molecular formula is C15H19ClN2O. The second-order valence-electron chi connectivity index (χ2n) is 4.47. The summed E-state index contributed by atoms with van der Waals surface area (Å²) in [5.41, 5.74) is 0. The molecule has 2 rings (SSSR count). The van der Waals surface area contributed by atoms with E-state index in [1.165, 1.54) is 0 Å². The molecule has 0 amide bonds. The first-order valence-corrected chi connectivity index (χ1v) is 6.99. The van der Waals surface area contributed by atoms with Gasteiger partial charge in [0.25, 0.3) is 0 Å². The summed E-state index contributed by atoms with van der Waals surface area (Å²) in [6.45, 7) is 2.92. The van der Waals surface area contributed by atoms with Gasteiger partial charge in [0.05, 0.1) is 7.11 Å². The molecule has 0 aliphatic carbocycles. The average molecular weight is 279 g/mol. The van der Waals surface area contributed by atoms with E-state index in [2.05, 4.69) is 17.2 Å². The lowest BCUT2D eigenvalue weighted by Gasteiger charge is -2.11. The first kappa shape index (κ1) is 13.9. The number of halogens is 1. The summed E-state index contributed by atoms with van der Waals surface area (Å²) < 4.78 is 5.26. The molecule has 0 spiro atoms. The number of pyridine rings is 1. The van der Waals surface area contributed by atoms with Gasteiger partial charge in [0, 0.05) is 23.5 Å². The second-order valence-corrected chi connectivity index (χ2v) is 5.08. The zero-order valence-corrected chi connectivity index (χ0v) is 12.1. The molecular weight excluding hydrogens is 260 g/mol. The van der Waals surface area contributed by atoms with E-state index in [0.29, 0.717) is 0 Å². The Morgan fingerprint density at radius 3 is 2.95 bits per heavy atom. The molecule has 4 heteroatoms. The predicted molar refractivity (Wildman–Crippen MR) is 81.3 cm³/mol. The minimum Gasteiger partial charge on any atom is -0.497 e. The standard InChI is InChI=1S/C15H19ClN2O/c1-3-12(16)7-9-18-15-14-10-13(19-2)5-4-11(14)6-8-17-15/h4-6,8,10,12H,3,7,9H2,1-2H3,(H,17,18). The Hall–Kier alpha value is -1.48. The molecule has 0 saturated carbocycles. The summed E-state index contributed by atoms with van der Waals surface area (Å²) in [6.07, 6.45) is 3.73. The molecule has 0 aliphatic rings. The zero-order valence-electron chi connectivity index (χ0n) is 11.3. The van der Waals surface area contributed by atoms with E-state index in [-0.39, 0.29) is 5.38 Å². The van der Waals surface area contributed by atoms with Crippen LogP contribution in [0.3, 0.4) is 0 Å². The summed E-state index contributed by atoms with van der Waals surface area (Å²) in [5.74, 6) is 1.73. The van der Waals surface area contributed by atoms with Gasteiger partial charge in [0.1, 0.15) is 11.6 Å². The number of benzene rings is 1. The average Bonchev–Trinajstić information content (AvgIpc) is 2.46. The number of rotatable bonds is 6. The number of anilines is 1. The monoisotopic (exact) mass is 278 g/mol. The lowest BCUT2D eigenvalue weighted by atomic mass is 10.1. The number of ether oxygens (including phenoxy) is 1. The molecule has 0 bridgehead atoms. The van der Waals surface area contributed by atoms with Crippen LogP contribution in [0.2, 0.25) is 0 Å². The molecule has 1 unspecified atom stereocenters. The minimum absolute atomic E-state index is 0.219. The van der Waals surface area contributed by atoms with E-state index >= 15 is 0 Å². The van der Waals surface area contributed by atoms with Crippen molar-refractivity contribution in [1.82, 2.24) is 4.98 Å². The normalized spacial score (nSPS) is 12.4. The molecule has 0 fully saturated rings. The summed E-state index contributed by atoms with van der Waals surface area (Å²) in [5, 5.41) is 5.80. The van der Waals surface area contributed by atoms with E-state index < -0.39 is 0 Å². The molecule has 1 heterocycles. The number of nitrogens with one attached hydrogen (secondary N) is 1. The van der Waals surface area contributed by atoms with Gasteiger partial charge in [0.15, 0.2) is 0 Å². The Labute approximate surface area is 118 Å². The molecule has 2 aromatic rings. The Morgan fingerprint density at radius 1 is 1.37 bits per heavy atom. The van der Waals surface area contributed by atoms with E-state index in [0.717, 1.165) is 41.7 Å². The van der Waals surface area contributed by atoms with Gasteiger partial charge in [-0.3, -0.25) is 0 Å². The third-order valence-corrected chi connectivity index (χ3v) is 3.69.